The summed E-state index contributed by atoms with van der Waals surface area (Å²) < 4.78 is 0. The summed E-state index contributed by atoms with van der Waals surface area (Å²) in [6, 6.07) is 0. The maximum atomic E-state index is 12.5. The van der Waals surface area contributed by atoms with Gasteiger partial charge < -0.3 is 5.11 Å². The van der Waals surface area contributed by atoms with Gasteiger partial charge in [0.05, 0.1) is 5.60 Å². The van der Waals surface area contributed by atoms with E-state index >= 15 is 0 Å². The van der Waals surface area contributed by atoms with Crippen molar-refractivity contribution in [3.63, 3.8) is 0 Å². The summed E-state index contributed by atoms with van der Waals surface area (Å²) in [6.45, 7) is 6.55. The smallest absolute Gasteiger partial charge is 0.136 e. The Hall–Kier alpha value is -0.370. The van der Waals surface area contributed by atoms with Crippen molar-refractivity contribution in [3.05, 3.63) is 0 Å². The van der Waals surface area contributed by atoms with Crippen molar-refractivity contribution in [2.45, 2.75) is 90.6 Å². The Kier molecular flexibility index (Phi) is 4.14. The molecule has 0 aromatic carbocycles. The van der Waals surface area contributed by atoms with E-state index in [9.17, 15) is 9.90 Å². The van der Waals surface area contributed by atoms with Gasteiger partial charge in [-0.2, -0.15) is 0 Å². The molecule has 1 N–H and O–H groups in total. The highest BCUT2D eigenvalue weighted by Crippen LogP contribution is 2.64. The van der Waals surface area contributed by atoms with Gasteiger partial charge in [0.25, 0.3) is 0 Å². The lowest BCUT2D eigenvalue weighted by Gasteiger charge is -2.56. The Morgan fingerprint density at radius 3 is 2.46 bits per heavy atom. The van der Waals surface area contributed by atoms with Crippen molar-refractivity contribution in [2.24, 2.45) is 40.9 Å². The third-order valence-corrected chi connectivity index (χ3v) is 8.97. The molecule has 24 heavy (non-hydrogen) atoms. The molecule has 0 spiro atoms. The average Bonchev–Trinajstić information content (AvgIpc) is 2.90. The minimum atomic E-state index is -0.414. The van der Waals surface area contributed by atoms with Gasteiger partial charge in [0.15, 0.2) is 0 Å². The first-order valence-electron chi connectivity index (χ1n) is 10.6. The van der Waals surface area contributed by atoms with Crippen molar-refractivity contribution in [2.75, 3.05) is 0 Å². The van der Waals surface area contributed by atoms with Gasteiger partial charge in [-0.1, -0.05) is 13.8 Å². The second-order valence-electron chi connectivity index (χ2n) is 10.2. The number of carbonyl (C=O) groups excluding carboxylic acids is 1. The van der Waals surface area contributed by atoms with E-state index in [4.69, 9.17) is 0 Å². The highest BCUT2D eigenvalue weighted by Gasteiger charge is 2.58. The van der Waals surface area contributed by atoms with Crippen LogP contribution in [0.25, 0.3) is 0 Å². The molecule has 0 radical (unpaired) electrons. The van der Waals surface area contributed by atoms with Gasteiger partial charge in [-0.05, 0) is 99.7 Å². The van der Waals surface area contributed by atoms with Gasteiger partial charge in [0, 0.05) is 12.3 Å². The van der Waals surface area contributed by atoms with Crippen LogP contribution in [-0.4, -0.2) is 16.5 Å². The lowest BCUT2D eigenvalue weighted by Crippen LogP contribution is -2.51. The van der Waals surface area contributed by atoms with E-state index in [-0.39, 0.29) is 0 Å². The third kappa shape index (κ3) is 2.50. The van der Waals surface area contributed by atoms with Crippen LogP contribution in [0.5, 0.6) is 0 Å². The highest BCUT2D eigenvalue weighted by molar-refractivity contribution is 5.81. The molecule has 2 unspecified atom stereocenters. The fourth-order valence-electron chi connectivity index (χ4n) is 7.86. The van der Waals surface area contributed by atoms with Crippen molar-refractivity contribution in [1.29, 1.82) is 0 Å². The molecule has 136 valence electrons. The van der Waals surface area contributed by atoms with Crippen LogP contribution in [0.2, 0.25) is 0 Å². The van der Waals surface area contributed by atoms with E-state index in [1.807, 2.05) is 13.8 Å². The van der Waals surface area contributed by atoms with Crippen LogP contribution < -0.4 is 0 Å². The van der Waals surface area contributed by atoms with Crippen molar-refractivity contribution in [3.8, 4) is 0 Å². The van der Waals surface area contributed by atoms with Gasteiger partial charge in [-0.25, -0.2) is 0 Å². The van der Waals surface area contributed by atoms with Crippen LogP contribution in [0, 0.1) is 40.9 Å². The fraction of sp³-hybridized carbons (Fsp3) is 0.955. The average molecular weight is 333 g/mol. The van der Waals surface area contributed by atoms with Gasteiger partial charge in [0.1, 0.15) is 5.78 Å². The van der Waals surface area contributed by atoms with E-state index in [0.29, 0.717) is 17.1 Å². The molecule has 4 saturated carbocycles. The molecule has 0 aliphatic heterocycles. The molecule has 0 aromatic rings. The minimum absolute atomic E-state index is 0.293. The molecule has 0 bridgehead atoms. The first-order valence-corrected chi connectivity index (χ1v) is 10.6. The number of Topliss-reactive ketones (excluding diaryl/α,β-unsaturated/α-hetero) is 1. The molecule has 4 rings (SSSR count). The lowest BCUT2D eigenvalue weighted by atomic mass is 9.49. The molecular formula is C22H36O2. The summed E-state index contributed by atoms with van der Waals surface area (Å²) in [5.74, 6) is 5.03. The van der Waals surface area contributed by atoms with Gasteiger partial charge in [0.2, 0.25) is 0 Å². The number of rotatable bonds is 2. The second-order valence-corrected chi connectivity index (χ2v) is 10.2. The quantitative estimate of drug-likeness (QED) is 0.774. The topological polar surface area (TPSA) is 37.3 Å². The highest BCUT2D eigenvalue weighted by atomic mass is 16.3. The normalized spacial score (nSPS) is 53.8. The number of carbonyl (C=O) groups is 1. The zero-order valence-corrected chi connectivity index (χ0v) is 15.9. The molecule has 0 saturated heterocycles. The number of fused-ring (bicyclic) bond motifs is 5. The van der Waals surface area contributed by atoms with Crippen LogP contribution in [0.15, 0.2) is 0 Å². The van der Waals surface area contributed by atoms with Crippen LogP contribution in [-0.2, 0) is 4.79 Å². The standard InChI is InChI=1S/C22H36O2/c1-4-20(23)19-8-7-18-17-6-5-14-13-21(2,24)11-9-15(14)16(17)10-12-22(18,19)3/h14-19,24H,4-13H2,1-3H3/t14?,15?,16-,17-,18+,19-,21-,22+/m1/s1. The Morgan fingerprint density at radius 1 is 0.958 bits per heavy atom. The summed E-state index contributed by atoms with van der Waals surface area (Å²) in [6.07, 6.45) is 11.7. The number of ketones is 1. The Balaban J connectivity index is 1.54. The maximum Gasteiger partial charge on any atom is 0.136 e. The molecule has 0 amide bonds. The summed E-state index contributed by atoms with van der Waals surface area (Å²) in [7, 11) is 0. The number of aliphatic hydroxyl groups is 1. The van der Waals surface area contributed by atoms with Crippen LogP contribution in [0.1, 0.15) is 85.0 Å². The monoisotopic (exact) mass is 332 g/mol. The molecule has 4 fully saturated rings. The number of hydrogen-bond acceptors (Lipinski definition) is 2. The summed E-state index contributed by atoms with van der Waals surface area (Å²) in [5.41, 5.74) is -0.121. The first kappa shape index (κ1) is 17.1. The van der Waals surface area contributed by atoms with Gasteiger partial charge in [-0.3, -0.25) is 4.79 Å². The molecule has 2 heteroatoms. The second kappa shape index (κ2) is 5.83. The van der Waals surface area contributed by atoms with E-state index in [2.05, 4.69) is 6.92 Å². The molecule has 8 atom stereocenters. The van der Waals surface area contributed by atoms with Crippen LogP contribution >= 0.6 is 0 Å². The zero-order chi connectivity index (χ0) is 17.1. The van der Waals surface area contributed by atoms with Crippen LogP contribution in [0.4, 0.5) is 0 Å². The molecule has 4 aliphatic rings. The predicted molar refractivity (Wildman–Crippen MR) is 96.5 cm³/mol. The Morgan fingerprint density at radius 2 is 1.71 bits per heavy atom. The zero-order valence-electron chi connectivity index (χ0n) is 15.9. The van der Waals surface area contributed by atoms with Gasteiger partial charge in [-0.15, -0.1) is 0 Å². The third-order valence-electron chi connectivity index (χ3n) is 8.97. The summed E-state index contributed by atoms with van der Waals surface area (Å²) in [5, 5.41) is 10.5. The van der Waals surface area contributed by atoms with Crippen molar-refractivity contribution in [1.82, 2.24) is 0 Å². The fourth-order valence-corrected chi connectivity index (χ4v) is 7.86. The Labute approximate surface area is 147 Å². The molecule has 2 nitrogen and oxygen atoms in total. The number of hydrogen-bond donors (Lipinski definition) is 1. The predicted octanol–water partition coefficient (Wildman–Crippen LogP) is 4.99. The van der Waals surface area contributed by atoms with E-state index < -0.39 is 5.60 Å². The van der Waals surface area contributed by atoms with Crippen molar-refractivity contribution >= 4 is 5.78 Å². The minimum Gasteiger partial charge on any atom is -0.390 e. The molecule has 0 heterocycles. The van der Waals surface area contributed by atoms with E-state index in [1.54, 1.807) is 0 Å². The molecule has 0 aromatic heterocycles. The van der Waals surface area contributed by atoms with Gasteiger partial charge >= 0.3 is 0 Å². The first-order chi connectivity index (χ1) is 11.4. The largest absolute Gasteiger partial charge is 0.390 e. The lowest BCUT2D eigenvalue weighted by molar-refractivity contribution is -0.132. The summed E-state index contributed by atoms with van der Waals surface area (Å²) >= 11 is 0. The van der Waals surface area contributed by atoms with E-state index in [1.165, 1.54) is 38.5 Å². The molecular weight excluding hydrogens is 296 g/mol. The maximum absolute atomic E-state index is 12.5. The SMILES string of the molecule is CCC(=O)[C@H]1CC[C@H]2[C@@H]3CCC4C[C@](C)(O)CCC4[C@H]3CC[C@]12C. The molecule has 4 aliphatic carbocycles. The Bertz CT molecular complexity index is 510. The van der Waals surface area contributed by atoms with Crippen molar-refractivity contribution < 1.29 is 9.90 Å². The van der Waals surface area contributed by atoms with E-state index in [0.717, 1.165) is 55.3 Å². The summed E-state index contributed by atoms with van der Waals surface area (Å²) in [4.78, 5) is 12.5. The van der Waals surface area contributed by atoms with Crippen LogP contribution in [0.3, 0.4) is 0 Å².